The van der Waals surface area contributed by atoms with Gasteiger partial charge in [0.1, 0.15) is 5.75 Å². The van der Waals surface area contributed by atoms with Crippen LogP contribution >= 0.6 is 0 Å². The fourth-order valence-electron chi connectivity index (χ4n) is 2.39. The Morgan fingerprint density at radius 3 is 2.22 bits per heavy atom. The molecule has 3 aromatic rings. The van der Waals surface area contributed by atoms with Crippen LogP contribution in [0, 0.1) is 12.3 Å². The first-order valence-electron chi connectivity index (χ1n) is 8.06. The lowest BCUT2D eigenvalue weighted by Crippen LogP contribution is -2.21. The Hall–Kier alpha value is -3.87. The average Bonchev–Trinajstić information content (AvgIpc) is 2.62. The number of nitrogens with two attached hydrogens (primary N) is 3. The van der Waals surface area contributed by atoms with Gasteiger partial charge >= 0.3 is 5.97 Å². The summed E-state index contributed by atoms with van der Waals surface area (Å²) in [6.07, 6.45) is 0.750. The minimum atomic E-state index is -0.433. The molecule has 0 aliphatic carbocycles. The number of guanidine groups is 1. The maximum absolute atomic E-state index is 12.2. The number of aryl methyl sites for hydroxylation is 1. The number of carbonyl (C=O) groups excluding carboxylic acids is 1. The van der Waals surface area contributed by atoms with Crippen molar-refractivity contribution < 1.29 is 9.53 Å². The summed E-state index contributed by atoms with van der Waals surface area (Å²) in [5.74, 6) is 0.0408. The molecule has 0 spiro atoms. The monoisotopic (exact) mass is 363 g/mol. The smallest absolute Gasteiger partial charge is 0.343 e. The van der Waals surface area contributed by atoms with Gasteiger partial charge in [0.15, 0.2) is 5.96 Å². The molecule has 7 N–H and O–H groups in total. The van der Waals surface area contributed by atoms with Gasteiger partial charge < -0.3 is 21.9 Å². The van der Waals surface area contributed by atoms with Crippen LogP contribution in [0.2, 0.25) is 0 Å². The quantitative estimate of drug-likeness (QED) is 0.245. The van der Waals surface area contributed by atoms with Crippen molar-refractivity contribution in [2.75, 3.05) is 0 Å². The Morgan fingerprint density at radius 1 is 1.00 bits per heavy atom. The van der Waals surface area contributed by atoms with E-state index in [0.717, 1.165) is 17.1 Å². The van der Waals surface area contributed by atoms with Crippen LogP contribution in [0.15, 0.2) is 65.7 Å². The molecule has 3 aromatic carbocycles. The van der Waals surface area contributed by atoms with Crippen LogP contribution in [-0.2, 0) is 0 Å². The average molecular weight is 363 g/mol. The van der Waals surface area contributed by atoms with E-state index in [0.29, 0.717) is 17.0 Å². The highest BCUT2D eigenvalue weighted by Gasteiger charge is 2.09. The number of ether oxygens (including phenoxy) is 1. The van der Waals surface area contributed by atoms with Crippen molar-refractivity contribution in [2.24, 2.45) is 22.2 Å². The molecule has 27 heavy (non-hydrogen) atoms. The van der Waals surface area contributed by atoms with Crippen LogP contribution in [0.5, 0.6) is 5.75 Å². The zero-order valence-electron chi connectivity index (χ0n) is 14.8. The largest absolute Gasteiger partial charge is 0.423 e. The molecule has 0 aliphatic rings. The molecule has 0 heterocycles. The Morgan fingerprint density at radius 2 is 1.59 bits per heavy atom. The standard InChI is InChI=1S/C19H17N3O2.CH4N2/c1-12-2-3-15-11-17(9-6-14(15)10-12)24-18(23)13-4-7-16(8-5-13)22-19(20)21;2-1-3/h2-11H,1H3,(H4,20,21,22);1H,(H3,2,3). The van der Waals surface area contributed by atoms with E-state index in [4.69, 9.17) is 21.6 Å². The number of hydrogen-bond donors (Lipinski definition) is 4. The number of nitrogens with zero attached hydrogens (tertiary/aromatic N) is 1. The van der Waals surface area contributed by atoms with Crippen LogP contribution in [0.1, 0.15) is 15.9 Å². The molecule has 0 amide bonds. The highest BCUT2D eigenvalue weighted by molar-refractivity contribution is 5.92. The summed E-state index contributed by atoms with van der Waals surface area (Å²) < 4.78 is 5.44. The molecule has 7 nitrogen and oxygen atoms in total. The van der Waals surface area contributed by atoms with Gasteiger partial charge in [-0.1, -0.05) is 29.8 Å². The number of nitrogens with one attached hydrogen (secondary N) is 1. The van der Waals surface area contributed by atoms with Crippen LogP contribution in [0.4, 0.5) is 5.69 Å². The predicted octanol–water partition coefficient (Wildman–Crippen LogP) is 2.82. The Labute approximate surface area is 157 Å². The molecule has 0 saturated carbocycles. The minimum Gasteiger partial charge on any atom is -0.423 e. The van der Waals surface area contributed by atoms with Gasteiger partial charge in [0.25, 0.3) is 0 Å². The maximum Gasteiger partial charge on any atom is 0.343 e. The molecule has 7 heteroatoms. The normalized spacial score (nSPS) is 9.67. The maximum atomic E-state index is 12.2. The third kappa shape index (κ3) is 5.57. The lowest BCUT2D eigenvalue weighted by molar-refractivity contribution is 0.0735. The number of rotatable bonds is 3. The number of benzene rings is 3. The summed E-state index contributed by atoms with van der Waals surface area (Å²) in [7, 11) is 0. The molecule has 0 unspecified atom stereocenters. The van der Waals surface area contributed by atoms with Crippen LogP contribution in [0.25, 0.3) is 10.8 Å². The molecule has 138 valence electrons. The Balaban J connectivity index is 0.000000817. The molecular formula is C20H21N5O2. The van der Waals surface area contributed by atoms with Gasteiger partial charge in [0, 0.05) is 0 Å². The van der Waals surface area contributed by atoms with Gasteiger partial charge in [-0.15, -0.1) is 0 Å². The van der Waals surface area contributed by atoms with E-state index in [1.54, 1.807) is 30.3 Å². The lowest BCUT2D eigenvalue weighted by Gasteiger charge is -2.06. The van der Waals surface area contributed by atoms with Crippen molar-refractivity contribution in [3.05, 3.63) is 71.8 Å². The van der Waals surface area contributed by atoms with E-state index in [9.17, 15) is 4.79 Å². The van der Waals surface area contributed by atoms with Gasteiger partial charge in [-0.25, -0.2) is 9.79 Å². The zero-order chi connectivity index (χ0) is 19.8. The first-order valence-corrected chi connectivity index (χ1v) is 8.06. The summed E-state index contributed by atoms with van der Waals surface area (Å²) in [5, 5.41) is 7.99. The van der Waals surface area contributed by atoms with Gasteiger partial charge in [0.2, 0.25) is 0 Å². The van der Waals surface area contributed by atoms with Gasteiger partial charge in [-0.3, -0.25) is 5.41 Å². The summed E-state index contributed by atoms with van der Waals surface area (Å²) in [4.78, 5) is 16.1. The van der Waals surface area contributed by atoms with E-state index in [-0.39, 0.29) is 5.96 Å². The van der Waals surface area contributed by atoms with Crippen molar-refractivity contribution in [3.63, 3.8) is 0 Å². The Bertz CT molecular complexity index is 977. The number of hydrogen-bond acceptors (Lipinski definition) is 4. The molecular weight excluding hydrogens is 342 g/mol. The van der Waals surface area contributed by atoms with Crippen molar-refractivity contribution in [2.45, 2.75) is 6.92 Å². The van der Waals surface area contributed by atoms with E-state index >= 15 is 0 Å². The fourth-order valence-corrected chi connectivity index (χ4v) is 2.39. The predicted molar refractivity (Wildman–Crippen MR) is 109 cm³/mol. The third-order valence-corrected chi connectivity index (χ3v) is 3.54. The molecule has 0 saturated heterocycles. The summed E-state index contributed by atoms with van der Waals surface area (Å²) >= 11 is 0. The number of esters is 1. The highest BCUT2D eigenvalue weighted by Crippen LogP contribution is 2.23. The number of aliphatic imine (C=N–C) groups is 1. The van der Waals surface area contributed by atoms with Crippen LogP contribution < -0.4 is 21.9 Å². The molecule has 0 aliphatic heterocycles. The van der Waals surface area contributed by atoms with E-state index in [1.165, 1.54) is 5.56 Å². The van der Waals surface area contributed by atoms with Gasteiger partial charge in [-0.2, -0.15) is 0 Å². The van der Waals surface area contributed by atoms with Gasteiger partial charge in [0.05, 0.1) is 17.6 Å². The summed E-state index contributed by atoms with van der Waals surface area (Å²) in [6.45, 7) is 2.04. The SMILES string of the molecule is Cc1ccc2cc(OC(=O)c3ccc(N=C(N)N)cc3)ccc2c1.N=CN. The fraction of sp³-hybridized carbons (Fsp3) is 0.0500. The molecule has 0 bridgehead atoms. The first kappa shape index (κ1) is 19.5. The van der Waals surface area contributed by atoms with Crippen molar-refractivity contribution in [1.29, 1.82) is 5.41 Å². The number of carbonyl (C=O) groups is 1. The second-order valence-corrected chi connectivity index (χ2v) is 5.65. The second-order valence-electron chi connectivity index (χ2n) is 5.65. The topological polar surface area (TPSA) is 141 Å². The second kappa shape index (κ2) is 9.00. The van der Waals surface area contributed by atoms with Crippen molar-refractivity contribution >= 4 is 34.7 Å². The third-order valence-electron chi connectivity index (χ3n) is 3.54. The molecule has 0 fully saturated rings. The number of fused-ring (bicyclic) bond motifs is 1. The Kier molecular flexibility index (Phi) is 6.49. The van der Waals surface area contributed by atoms with Crippen molar-refractivity contribution in [1.82, 2.24) is 0 Å². The lowest BCUT2D eigenvalue weighted by atomic mass is 10.1. The molecule has 0 radical (unpaired) electrons. The first-order chi connectivity index (χ1) is 12.9. The zero-order valence-corrected chi connectivity index (χ0v) is 14.8. The highest BCUT2D eigenvalue weighted by atomic mass is 16.5. The molecule has 3 rings (SSSR count). The summed E-state index contributed by atoms with van der Waals surface area (Å²) in [5.41, 5.74) is 17.2. The van der Waals surface area contributed by atoms with Crippen molar-refractivity contribution in [3.8, 4) is 5.75 Å². The van der Waals surface area contributed by atoms with Crippen LogP contribution in [-0.4, -0.2) is 18.3 Å². The van der Waals surface area contributed by atoms with E-state index in [2.05, 4.69) is 16.8 Å². The molecule has 0 aromatic heterocycles. The minimum absolute atomic E-state index is 0.0308. The van der Waals surface area contributed by atoms with E-state index < -0.39 is 5.97 Å². The van der Waals surface area contributed by atoms with E-state index in [1.807, 2.05) is 31.2 Å². The van der Waals surface area contributed by atoms with Gasteiger partial charge in [-0.05, 0) is 54.1 Å². The van der Waals surface area contributed by atoms with Crippen LogP contribution in [0.3, 0.4) is 0 Å². The summed E-state index contributed by atoms with van der Waals surface area (Å²) in [6, 6.07) is 18.2. The molecule has 0 atom stereocenters.